The number of hydrogen-bond acceptors (Lipinski definition) is 5. The predicted molar refractivity (Wildman–Crippen MR) is 103 cm³/mol. The molecule has 3 aromatic rings. The molecule has 6 heteroatoms. The molecule has 0 N–H and O–H groups in total. The average Bonchev–Trinajstić information content (AvgIpc) is 3.15. The molecule has 0 atom stereocenters. The highest BCUT2D eigenvalue weighted by atomic mass is 16.5. The summed E-state index contributed by atoms with van der Waals surface area (Å²) in [5, 5.41) is 0. The maximum Gasteiger partial charge on any atom is 0.358 e. The third kappa shape index (κ3) is 4.11. The van der Waals surface area contributed by atoms with E-state index in [9.17, 15) is 4.79 Å². The van der Waals surface area contributed by atoms with Crippen LogP contribution in [0.2, 0.25) is 0 Å². The van der Waals surface area contributed by atoms with Crippen molar-refractivity contribution in [3.63, 3.8) is 0 Å². The zero-order valence-corrected chi connectivity index (χ0v) is 15.6. The largest absolute Gasteiger partial charge is 0.497 e. The summed E-state index contributed by atoms with van der Waals surface area (Å²) in [6.45, 7) is 4.61. The molecule has 0 saturated carbocycles. The maximum atomic E-state index is 12.2. The van der Waals surface area contributed by atoms with Gasteiger partial charge in [-0.1, -0.05) is 0 Å². The van der Waals surface area contributed by atoms with Crippen LogP contribution in [0.5, 0.6) is 11.5 Å². The molecule has 0 amide bonds. The number of rotatable bonds is 7. The van der Waals surface area contributed by atoms with Crippen LogP contribution in [0.4, 0.5) is 0 Å². The molecule has 140 valence electrons. The Hall–Kier alpha value is -3.28. The molecule has 0 fully saturated rings. The number of hydrogen-bond donors (Lipinski definition) is 0. The van der Waals surface area contributed by atoms with Crippen molar-refractivity contribution in [3.05, 3.63) is 60.4 Å². The molecule has 27 heavy (non-hydrogen) atoms. The molecule has 0 aliphatic carbocycles. The number of esters is 1. The lowest BCUT2D eigenvalue weighted by molar-refractivity contribution is 0.0520. The Balaban J connectivity index is 2.05. The van der Waals surface area contributed by atoms with Crippen LogP contribution in [-0.2, 0) is 4.74 Å². The Labute approximate surface area is 158 Å². The summed E-state index contributed by atoms with van der Waals surface area (Å²) in [7, 11) is 1.62. The Morgan fingerprint density at radius 2 is 1.63 bits per heavy atom. The second kappa shape index (κ2) is 8.40. The van der Waals surface area contributed by atoms with Crippen LogP contribution in [0.25, 0.3) is 17.1 Å². The first-order valence-electron chi connectivity index (χ1n) is 8.80. The van der Waals surface area contributed by atoms with Crippen LogP contribution in [0, 0.1) is 0 Å². The molecule has 0 radical (unpaired) electrons. The molecule has 0 bridgehead atoms. The number of methoxy groups -OCH3 is 1. The summed E-state index contributed by atoms with van der Waals surface area (Å²) in [4.78, 5) is 16.7. The Morgan fingerprint density at radius 3 is 2.22 bits per heavy atom. The summed E-state index contributed by atoms with van der Waals surface area (Å²) < 4.78 is 17.7. The zero-order valence-electron chi connectivity index (χ0n) is 15.6. The second-order valence-electron chi connectivity index (χ2n) is 5.70. The molecule has 3 rings (SSSR count). The minimum Gasteiger partial charge on any atom is -0.497 e. The molecule has 0 unspecified atom stereocenters. The molecule has 6 nitrogen and oxygen atoms in total. The predicted octanol–water partition coefficient (Wildman–Crippen LogP) is 4.12. The molecular weight excluding hydrogens is 344 g/mol. The van der Waals surface area contributed by atoms with Crippen LogP contribution in [-0.4, -0.2) is 35.8 Å². The second-order valence-corrected chi connectivity index (χ2v) is 5.70. The number of imidazole rings is 1. The van der Waals surface area contributed by atoms with Crippen LogP contribution in [0.3, 0.4) is 0 Å². The number of ether oxygens (including phenoxy) is 3. The van der Waals surface area contributed by atoms with Crippen LogP contribution in [0.1, 0.15) is 24.3 Å². The third-order valence-corrected chi connectivity index (χ3v) is 3.96. The number of aromatic nitrogens is 2. The van der Waals surface area contributed by atoms with Crippen molar-refractivity contribution in [2.45, 2.75) is 13.8 Å². The van der Waals surface area contributed by atoms with E-state index in [4.69, 9.17) is 14.2 Å². The maximum absolute atomic E-state index is 12.2. The van der Waals surface area contributed by atoms with Crippen molar-refractivity contribution < 1.29 is 19.0 Å². The molecule has 0 aliphatic rings. The highest BCUT2D eigenvalue weighted by Gasteiger charge is 2.17. The van der Waals surface area contributed by atoms with Crippen molar-refractivity contribution in [1.29, 1.82) is 0 Å². The van der Waals surface area contributed by atoms with Crippen LogP contribution >= 0.6 is 0 Å². The molecule has 1 aromatic heterocycles. The van der Waals surface area contributed by atoms with E-state index < -0.39 is 5.97 Å². The van der Waals surface area contributed by atoms with E-state index in [1.165, 1.54) is 0 Å². The van der Waals surface area contributed by atoms with E-state index in [-0.39, 0.29) is 5.69 Å². The van der Waals surface area contributed by atoms with E-state index in [0.717, 1.165) is 22.7 Å². The lowest BCUT2D eigenvalue weighted by atomic mass is 10.2. The van der Waals surface area contributed by atoms with Gasteiger partial charge >= 0.3 is 5.97 Å². The summed E-state index contributed by atoms with van der Waals surface area (Å²) in [6.07, 6.45) is 1.69. The normalized spacial score (nSPS) is 10.5. The quantitative estimate of drug-likeness (QED) is 0.589. The minimum absolute atomic E-state index is 0.261. The van der Waals surface area contributed by atoms with Crippen molar-refractivity contribution in [3.8, 4) is 28.6 Å². The number of benzene rings is 2. The number of carbonyl (C=O) groups is 1. The highest BCUT2D eigenvalue weighted by Crippen LogP contribution is 2.26. The summed E-state index contributed by atoms with van der Waals surface area (Å²) >= 11 is 0. The lowest BCUT2D eigenvalue weighted by Crippen LogP contribution is -2.04. The lowest BCUT2D eigenvalue weighted by Gasteiger charge is -2.09. The van der Waals surface area contributed by atoms with Gasteiger partial charge in [0.05, 0.1) is 20.3 Å². The van der Waals surface area contributed by atoms with Gasteiger partial charge in [-0.3, -0.25) is 4.57 Å². The fraction of sp³-hybridized carbons (Fsp3) is 0.238. The van der Waals surface area contributed by atoms with E-state index in [1.54, 1.807) is 20.2 Å². The third-order valence-electron chi connectivity index (χ3n) is 3.96. The molecule has 0 aliphatic heterocycles. The summed E-state index contributed by atoms with van der Waals surface area (Å²) in [6, 6.07) is 15.2. The zero-order chi connectivity index (χ0) is 19.2. The van der Waals surface area contributed by atoms with Gasteiger partial charge in [-0.25, -0.2) is 9.78 Å². The van der Waals surface area contributed by atoms with Crippen molar-refractivity contribution in [2.24, 2.45) is 0 Å². The standard InChI is InChI=1S/C21H22N2O4/c1-4-26-18-10-6-15(7-11-18)20-22-19(21(24)27-5-2)14-23(20)16-8-12-17(25-3)13-9-16/h6-14H,4-5H2,1-3H3. The van der Waals surface area contributed by atoms with Gasteiger partial charge < -0.3 is 14.2 Å². The molecule has 0 saturated heterocycles. The Bertz CT molecular complexity index is 899. The first-order chi connectivity index (χ1) is 13.2. The monoisotopic (exact) mass is 366 g/mol. The SMILES string of the molecule is CCOC(=O)c1cn(-c2ccc(OC)cc2)c(-c2ccc(OCC)cc2)n1. The Kier molecular flexibility index (Phi) is 5.76. The summed E-state index contributed by atoms with van der Waals surface area (Å²) in [5.41, 5.74) is 1.99. The van der Waals surface area contributed by atoms with Crippen molar-refractivity contribution >= 4 is 5.97 Å². The first kappa shape index (κ1) is 18.5. The fourth-order valence-corrected chi connectivity index (χ4v) is 2.69. The van der Waals surface area contributed by atoms with E-state index in [1.807, 2.05) is 60.0 Å². The number of nitrogens with zero attached hydrogens (tertiary/aromatic N) is 2. The van der Waals surface area contributed by atoms with Crippen LogP contribution < -0.4 is 9.47 Å². The van der Waals surface area contributed by atoms with Gasteiger partial charge in [0.2, 0.25) is 0 Å². The first-order valence-corrected chi connectivity index (χ1v) is 8.80. The van der Waals surface area contributed by atoms with Gasteiger partial charge in [-0.15, -0.1) is 0 Å². The van der Waals surface area contributed by atoms with E-state index in [0.29, 0.717) is 19.0 Å². The fourth-order valence-electron chi connectivity index (χ4n) is 2.69. The van der Waals surface area contributed by atoms with Gasteiger partial charge in [0.15, 0.2) is 5.69 Å². The van der Waals surface area contributed by atoms with E-state index >= 15 is 0 Å². The highest BCUT2D eigenvalue weighted by molar-refractivity contribution is 5.88. The smallest absolute Gasteiger partial charge is 0.358 e. The average molecular weight is 366 g/mol. The van der Waals surface area contributed by atoms with Gasteiger partial charge in [-0.2, -0.15) is 0 Å². The Morgan fingerprint density at radius 1 is 0.963 bits per heavy atom. The summed E-state index contributed by atoms with van der Waals surface area (Å²) in [5.74, 6) is 1.74. The molecular formula is C21H22N2O4. The van der Waals surface area contributed by atoms with E-state index in [2.05, 4.69) is 4.98 Å². The van der Waals surface area contributed by atoms with Crippen LogP contribution in [0.15, 0.2) is 54.7 Å². The molecule has 2 aromatic carbocycles. The van der Waals surface area contributed by atoms with Gasteiger partial charge in [0.25, 0.3) is 0 Å². The topological polar surface area (TPSA) is 62.6 Å². The minimum atomic E-state index is -0.447. The van der Waals surface area contributed by atoms with Gasteiger partial charge in [0.1, 0.15) is 17.3 Å². The number of carbonyl (C=O) groups excluding carboxylic acids is 1. The van der Waals surface area contributed by atoms with Gasteiger partial charge in [-0.05, 0) is 62.4 Å². The van der Waals surface area contributed by atoms with Gasteiger partial charge in [0, 0.05) is 17.4 Å². The van der Waals surface area contributed by atoms with Crippen molar-refractivity contribution in [2.75, 3.05) is 20.3 Å². The van der Waals surface area contributed by atoms with Crippen molar-refractivity contribution in [1.82, 2.24) is 9.55 Å². The molecule has 1 heterocycles. The molecule has 0 spiro atoms.